The SMILES string of the molecule is NCCn1cc(S(=O)(=O)NN2CCCCC2)cn1. The molecule has 8 heteroatoms. The van der Waals surface area contributed by atoms with Crippen molar-refractivity contribution in [1.29, 1.82) is 0 Å². The van der Waals surface area contributed by atoms with Crippen LogP contribution in [-0.4, -0.2) is 42.8 Å². The fourth-order valence-electron chi connectivity index (χ4n) is 1.95. The van der Waals surface area contributed by atoms with Crippen LogP contribution in [-0.2, 0) is 16.6 Å². The highest BCUT2D eigenvalue weighted by molar-refractivity contribution is 7.89. The van der Waals surface area contributed by atoms with Crippen LogP contribution < -0.4 is 10.6 Å². The van der Waals surface area contributed by atoms with Gasteiger partial charge >= 0.3 is 0 Å². The van der Waals surface area contributed by atoms with E-state index in [1.165, 1.54) is 17.1 Å². The molecule has 1 aliphatic heterocycles. The van der Waals surface area contributed by atoms with Gasteiger partial charge in [0, 0.05) is 25.8 Å². The summed E-state index contributed by atoms with van der Waals surface area (Å²) in [5, 5.41) is 5.71. The Morgan fingerprint density at radius 3 is 2.72 bits per heavy atom. The lowest BCUT2D eigenvalue weighted by Crippen LogP contribution is -2.44. The molecule has 102 valence electrons. The van der Waals surface area contributed by atoms with E-state index in [-0.39, 0.29) is 4.90 Å². The van der Waals surface area contributed by atoms with Crippen LogP contribution in [0.1, 0.15) is 19.3 Å². The van der Waals surface area contributed by atoms with Gasteiger partial charge in [-0.3, -0.25) is 4.68 Å². The predicted octanol–water partition coefficient (Wildman–Crippen LogP) is -0.479. The minimum Gasteiger partial charge on any atom is -0.329 e. The molecule has 0 spiro atoms. The van der Waals surface area contributed by atoms with Gasteiger partial charge in [-0.05, 0) is 12.8 Å². The van der Waals surface area contributed by atoms with Gasteiger partial charge in [-0.25, -0.2) is 13.4 Å². The third-order valence-corrected chi connectivity index (χ3v) is 4.21. The van der Waals surface area contributed by atoms with Crippen molar-refractivity contribution in [1.82, 2.24) is 19.6 Å². The Kier molecular flexibility index (Phi) is 4.33. The second-order valence-corrected chi connectivity index (χ2v) is 6.03. The maximum absolute atomic E-state index is 12.1. The van der Waals surface area contributed by atoms with Crippen molar-refractivity contribution in [3.63, 3.8) is 0 Å². The van der Waals surface area contributed by atoms with E-state index in [1.54, 1.807) is 5.01 Å². The second-order valence-electron chi connectivity index (χ2n) is 4.37. The fraction of sp³-hybridized carbons (Fsp3) is 0.700. The number of hydrogen-bond acceptors (Lipinski definition) is 5. The highest BCUT2D eigenvalue weighted by atomic mass is 32.2. The number of piperidine rings is 1. The smallest absolute Gasteiger partial charge is 0.256 e. The van der Waals surface area contributed by atoms with Crippen molar-refractivity contribution in [3.05, 3.63) is 12.4 Å². The number of nitrogens with one attached hydrogen (secondary N) is 1. The normalized spacial score (nSPS) is 18.1. The van der Waals surface area contributed by atoms with E-state index in [0.717, 1.165) is 32.4 Å². The molecule has 1 aliphatic rings. The summed E-state index contributed by atoms with van der Waals surface area (Å²) >= 11 is 0. The molecule has 1 fully saturated rings. The molecule has 0 radical (unpaired) electrons. The Morgan fingerprint density at radius 1 is 1.33 bits per heavy atom. The Labute approximate surface area is 107 Å². The van der Waals surface area contributed by atoms with Gasteiger partial charge in [0.1, 0.15) is 4.90 Å². The summed E-state index contributed by atoms with van der Waals surface area (Å²) < 4.78 is 25.7. The van der Waals surface area contributed by atoms with E-state index >= 15 is 0 Å². The molecule has 1 saturated heterocycles. The first-order chi connectivity index (χ1) is 8.62. The highest BCUT2D eigenvalue weighted by Crippen LogP contribution is 2.11. The number of sulfonamides is 1. The lowest BCUT2D eigenvalue weighted by atomic mass is 10.2. The zero-order valence-corrected chi connectivity index (χ0v) is 11.1. The first-order valence-electron chi connectivity index (χ1n) is 6.12. The molecule has 0 aliphatic carbocycles. The number of rotatable bonds is 5. The van der Waals surface area contributed by atoms with Gasteiger partial charge in [-0.2, -0.15) is 5.10 Å². The van der Waals surface area contributed by atoms with Crippen LogP contribution in [0.15, 0.2) is 17.3 Å². The Bertz CT molecular complexity index is 478. The van der Waals surface area contributed by atoms with Crippen LogP contribution in [0.3, 0.4) is 0 Å². The molecule has 1 aromatic rings. The van der Waals surface area contributed by atoms with E-state index in [1.807, 2.05) is 0 Å². The van der Waals surface area contributed by atoms with E-state index < -0.39 is 10.0 Å². The van der Waals surface area contributed by atoms with Crippen LogP contribution >= 0.6 is 0 Å². The topological polar surface area (TPSA) is 93.2 Å². The third-order valence-electron chi connectivity index (χ3n) is 2.88. The zero-order valence-electron chi connectivity index (χ0n) is 10.2. The first-order valence-corrected chi connectivity index (χ1v) is 7.60. The number of hydrazine groups is 1. The lowest BCUT2D eigenvalue weighted by Gasteiger charge is -2.26. The summed E-state index contributed by atoms with van der Waals surface area (Å²) in [7, 11) is -3.51. The van der Waals surface area contributed by atoms with Crippen LogP contribution in [0.25, 0.3) is 0 Å². The van der Waals surface area contributed by atoms with Gasteiger partial charge < -0.3 is 5.73 Å². The Balaban J connectivity index is 2.04. The fourth-order valence-corrected chi connectivity index (χ4v) is 3.02. The van der Waals surface area contributed by atoms with E-state index in [2.05, 4.69) is 9.93 Å². The summed E-state index contributed by atoms with van der Waals surface area (Å²) in [5.74, 6) is 0. The largest absolute Gasteiger partial charge is 0.329 e. The number of nitrogens with zero attached hydrogens (tertiary/aromatic N) is 3. The molecule has 0 saturated carbocycles. The Morgan fingerprint density at radius 2 is 2.06 bits per heavy atom. The quantitative estimate of drug-likeness (QED) is 0.756. The van der Waals surface area contributed by atoms with Crippen molar-refractivity contribution in [2.75, 3.05) is 19.6 Å². The average Bonchev–Trinajstić information content (AvgIpc) is 2.80. The van der Waals surface area contributed by atoms with Crippen LogP contribution in [0.5, 0.6) is 0 Å². The number of nitrogens with two attached hydrogens (primary N) is 1. The van der Waals surface area contributed by atoms with E-state index in [9.17, 15) is 8.42 Å². The maximum Gasteiger partial charge on any atom is 0.256 e. The van der Waals surface area contributed by atoms with Crippen molar-refractivity contribution >= 4 is 10.0 Å². The van der Waals surface area contributed by atoms with E-state index in [4.69, 9.17) is 5.73 Å². The Hall–Kier alpha value is -0.960. The molecular weight excluding hydrogens is 254 g/mol. The van der Waals surface area contributed by atoms with Gasteiger partial charge in [0.25, 0.3) is 10.0 Å². The molecule has 1 aromatic heterocycles. The third kappa shape index (κ3) is 3.29. The molecule has 7 nitrogen and oxygen atoms in total. The summed E-state index contributed by atoms with van der Waals surface area (Å²) in [5.41, 5.74) is 5.39. The minimum absolute atomic E-state index is 0.182. The van der Waals surface area contributed by atoms with Gasteiger partial charge in [-0.1, -0.05) is 6.42 Å². The molecule has 18 heavy (non-hydrogen) atoms. The molecular formula is C10H19N5O2S. The molecule has 2 heterocycles. The summed E-state index contributed by atoms with van der Waals surface area (Å²) in [6, 6.07) is 0. The minimum atomic E-state index is -3.51. The van der Waals surface area contributed by atoms with Crippen molar-refractivity contribution in [2.24, 2.45) is 5.73 Å². The summed E-state index contributed by atoms with van der Waals surface area (Å²) in [4.78, 5) is 2.77. The monoisotopic (exact) mass is 273 g/mol. The van der Waals surface area contributed by atoms with Crippen LogP contribution in [0.4, 0.5) is 0 Å². The van der Waals surface area contributed by atoms with Crippen LogP contribution in [0, 0.1) is 0 Å². The van der Waals surface area contributed by atoms with Gasteiger partial charge in [-0.15, -0.1) is 4.83 Å². The highest BCUT2D eigenvalue weighted by Gasteiger charge is 2.21. The lowest BCUT2D eigenvalue weighted by molar-refractivity contribution is 0.200. The van der Waals surface area contributed by atoms with E-state index in [0.29, 0.717) is 13.1 Å². The summed E-state index contributed by atoms with van der Waals surface area (Å²) in [6.07, 6.45) is 6.05. The predicted molar refractivity (Wildman–Crippen MR) is 67.0 cm³/mol. The second kappa shape index (κ2) is 5.79. The molecule has 0 bridgehead atoms. The molecule has 3 N–H and O–H groups in total. The van der Waals surface area contributed by atoms with Gasteiger partial charge in [0.2, 0.25) is 0 Å². The van der Waals surface area contributed by atoms with Crippen molar-refractivity contribution < 1.29 is 8.42 Å². The molecule has 0 unspecified atom stereocenters. The molecule has 0 aromatic carbocycles. The standard InChI is InChI=1S/C10H19N5O2S/c11-4-7-15-9-10(8-12-15)18(16,17)13-14-5-2-1-3-6-14/h8-9,13H,1-7,11H2. The average molecular weight is 273 g/mol. The van der Waals surface area contributed by atoms with Gasteiger partial charge in [0.05, 0.1) is 12.7 Å². The molecule has 0 atom stereocenters. The van der Waals surface area contributed by atoms with Crippen molar-refractivity contribution in [2.45, 2.75) is 30.7 Å². The molecule has 0 amide bonds. The maximum atomic E-state index is 12.1. The van der Waals surface area contributed by atoms with Crippen molar-refractivity contribution in [3.8, 4) is 0 Å². The van der Waals surface area contributed by atoms with Gasteiger partial charge in [0.15, 0.2) is 0 Å². The zero-order chi connectivity index (χ0) is 13.0. The summed E-state index contributed by atoms with van der Waals surface area (Å²) in [6.45, 7) is 2.46. The first kappa shape index (κ1) is 13.5. The number of hydrogen-bond donors (Lipinski definition) is 2. The van der Waals surface area contributed by atoms with Crippen LogP contribution in [0.2, 0.25) is 0 Å². The number of aromatic nitrogens is 2. The molecule has 2 rings (SSSR count).